The third-order valence-electron chi connectivity index (χ3n) is 3.73. The van der Waals surface area contributed by atoms with E-state index in [-0.39, 0.29) is 33.4 Å². The van der Waals surface area contributed by atoms with E-state index in [2.05, 4.69) is 5.32 Å². The molecule has 0 amide bonds. The smallest absolute Gasteiger partial charge is 0.352 e. The highest BCUT2D eigenvalue weighted by molar-refractivity contribution is 7.98. The van der Waals surface area contributed by atoms with Crippen molar-refractivity contribution in [3.63, 3.8) is 0 Å². The molecule has 4 nitrogen and oxygen atoms in total. The Kier molecular flexibility index (Phi) is 3.67. The van der Waals surface area contributed by atoms with Gasteiger partial charge in [0.1, 0.15) is 12.1 Å². The molecular weight excluding hydrogens is 361 g/mol. The summed E-state index contributed by atoms with van der Waals surface area (Å²) in [6.45, 7) is 0. The summed E-state index contributed by atoms with van der Waals surface area (Å²) in [7, 11) is -3.00. The summed E-state index contributed by atoms with van der Waals surface area (Å²) in [6.07, 6.45) is -4.51. The van der Waals surface area contributed by atoms with Crippen LogP contribution in [0.4, 0.5) is 18.9 Å². The monoisotopic (exact) mass is 371 g/mol. The average Bonchev–Trinajstić information content (AvgIpc) is 2.79. The topological polar surface area (TPSA) is 52.6 Å². The van der Waals surface area contributed by atoms with Crippen LogP contribution in [0.2, 0.25) is 5.02 Å². The van der Waals surface area contributed by atoms with Crippen molar-refractivity contribution in [1.29, 1.82) is 0 Å². The van der Waals surface area contributed by atoms with Gasteiger partial charge in [-0.25, -0.2) is 0 Å². The maximum Gasteiger partial charge on any atom is 0.416 e. The fraction of sp³-hybridized carbons (Fsp3) is 0.417. The minimum Gasteiger partial charge on any atom is -0.352 e. The molecule has 2 aliphatic heterocycles. The summed E-state index contributed by atoms with van der Waals surface area (Å²) in [5, 5.41) is 3.20. The Morgan fingerprint density at radius 3 is 2.73 bits per heavy atom. The lowest BCUT2D eigenvalue weighted by Crippen LogP contribution is -2.37. The Bertz CT molecular complexity index is 697. The van der Waals surface area contributed by atoms with Gasteiger partial charge in [0.2, 0.25) is 10.2 Å². The molecule has 2 fully saturated rings. The maximum atomic E-state index is 12.9. The van der Waals surface area contributed by atoms with Gasteiger partial charge < -0.3 is 10.2 Å². The van der Waals surface area contributed by atoms with Crippen molar-refractivity contribution in [2.45, 2.75) is 18.3 Å². The first-order valence-corrected chi connectivity index (χ1v) is 8.91. The number of fused-ring (bicyclic) bond motifs is 1. The summed E-state index contributed by atoms with van der Waals surface area (Å²) in [5.41, 5.74) is -0.750. The normalized spacial score (nSPS) is 31.3. The fourth-order valence-corrected chi connectivity index (χ4v) is 5.29. The van der Waals surface area contributed by atoms with E-state index in [1.165, 1.54) is 4.90 Å². The molecule has 0 saturated carbocycles. The Labute approximate surface area is 135 Å². The molecule has 3 rings (SSSR count). The quantitative estimate of drug-likeness (QED) is 0.587. The SMILES string of the molecule is O=[S+]1(O)C[C@H]2NC(=S)N(c3cc(C(F)(F)F)ccc3Cl)[C@H]2C1. The highest BCUT2D eigenvalue weighted by Gasteiger charge is 2.54. The number of hydrogen-bond donors (Lipinski definition) is 2. The molecular formula is C12H11ClF3N2O2S2+. The summed E-state index contributed by atoms with van der Waals surface area (Å²) < 4.78 is 60.2. The number of rotatable bonds is 1. The van der Waals surface area contributed by atoms with E-state index in [1.807, 2.05) is 0 Å². The zero-order valence-electron chi connectivity index (χ0n) is 10.9. The van der Waals surface area contributed by atoms with Gasteiger partial charge in [-0.3, -0.25) is 0 Å². The highest BCUT2D eigenvalue weighted by Crippen LogP contribution is 2.39. The van der Waals surface area contributed by atoms with Gasteiger partial charge in [-0.15, -0.1) is 0 Å². The van der Waals surface area contributed by atoms with E-state index < -0.39 is 28.0 Å². The number of hydrogen-bond acceptors (Lipinski definition) is 2. The van der Waals surface area contributed by atoms with E-state index >= 15 is 0 Å². The van der Waals surface area contributed by atoms with Gasteiger partial charge in [0.05, 0.1) is 16.3 Å². The second-order valence-electron chi connectivity index (χ2n) is 5.26. The summed E-state index contributed by atoms with van der Waals surface area (Å²) in [6, 6.07) is 2.11. The summed E-state index contributed by atoms with van der Waals surface area (Å²) in [5.74, 6) is -0.0394. The minimum absolute atomic E-state index is 0.0187. The van der Waals surface area contributed by atoms with Crippen molar-refractivity contribution in [2.75, 3.05) is 16.4 Å². The van der Waals surface area contributed by atoms with E-state index in [9.17, 15) is 21.9 Å². The Balaban J connectivity index is 2.03. The van der Waals surface area contributed by atoms with Crippen LogP contribution in [-0.4, -0.2) is 33.3 Å². The second kappa shape index (κ2) is 5.05. The van der Waals surface area contributed by atoms with Crippen LogP contribution >= 0.6 is 23.8 Å². The fourth-order valence-electron chi connectivity index (χ4n) is 2.78. The van der Waals surface area contributed by atoms with E-state index in [0.717, 1.165) is 18.2 Å². The van der Waals surface area contributed by atoms with Crippen LogP contribution in [-0.2, 0) is 20.6 Å². The van der Waals surface area contributed by atoms with Crippen molar-refractivity contribution in [1.82, 2.24) is 5.32 Å². The van der Waals surface area contributed by atoms with Crippen molar-refractivity contribution in [3.8, 4) is 0 Å². The molecule has 1 unspecified atom stereocenters. The summed E-state index contributed by atoms with van der Waals surface area (Å²) in [4.78, 5) is 1.42. The molecule has 22 heavy (non-hydrogen) atoms. The molecule has 1 aromatic rings. The third kappa shape index (κ3) is 2.70. The third-order valence-corrected chi connectivity index (χ3v) is 6.10. The zero-order chi connectivity index (χ0) is 16.3. The van der Waals surface area contributed by atoms with Crippen molar-refractivity contribution in [3.05, 3.63) is 28.8 Å². The zero-order valence-corrected chi connectivity index (χ0v) is 13.3. The molecule has 0 radical (unpaired) electrons. The maximum absolute atomic E-state index is 12.9. The first-order valence-electron chi connectivity index (χ1n) is 6.27. The van der Waals surface area contributed by atoms with Gasteiger partial charge in [0, 0.05) is 0 Å². The van der Waals surface area contributed by atoms with E-state index in [4.69, 9.17) is 23.8 Å². The molecule has 10 heteroatoms. The lowest BCUT2D eigenvalue weighted by Gasteiger charge is -2.24. The number of thiocarbonyl (C=S) groups is 1. The van der Waals surface area contributed by atoms with Gasteiger partial charge >= 0.3 is 6.18 Å². The molecule has 2 aliphatic rings. The number of anilines is 1. The molecule has 2 heterocycles. The lowest BCUT2D eigenvalue weighted by molar-refractivity contribution is -0.137. The Hall–Kier alpha value is -0.900. The standard InChI is InChI=1S/C12H10ClF3N2O2S2/c13-7-2-1-6(12(14,15)16)3-9(7)18-10-5-22(19,20)4-8(10)17-11(18)21/h1-3,8,10H,4-5H2,(H-,17,19,20,21)/p+1/t8-,10+/m1/s1. The second-order valence-corrected chi connectivity index (χ2v) is 8.27. The predicted octanol–water partition coefficient (Wildman–Crippen LogP) is 2.78. The van der Waals surface area contributed by atoms with E-state index in [0.29, 0.717) is 0 Å². The number of halogens is 4. The lowest BCUT2D eigenvalue weighted by atomic mass is 10.1. The Morgan fingerprint density at radius 2 is 2.09 bits per heavy atom. The van der Waals surface area contributed by atoms with Gasteiger partial charge in [-0.05, 0) is 30.4 Å². The van der Waals surface area contributed by atoms with Crippen molar-refractivity contribution >= 4 is 44.8 Å². The number of benzene rings is 1. The number of nitrogens with one attached hydrogen (secondary N) is 1. The molecule has 2 N–H and O–H groups in total. The van der Waals surface area contributed by atoms with Crippen LogP contribution in [0.3, 0.4) is 0 Å². The first kappa shape index (κ1) is 16.0. The molecule has 0 bridgehead atoms. The molecule has 2 saturated heterocycles. The molecule has 120 valence electrons. The summed E-state index contributed by atoms with van der Waals surface area (Å²) >= 11 is 11.2. The van der Waals surface area contributed by atoms with Gasteiger partial charge in [0.25, 0.3) is 0 Å². The Morgan fingerprint density at radius 1 is 1.41 bits per heavy atom. The minimum atomic E-state index is -4.51. The van der Waals surface area contributed by atoms with Crippen LogP contribution in [0.1, 0.15) is 5.56 Å². The predicted molar refractivity (Wildman–Crippen MR) is 82.7 cm³/mol. The van der Waals surface area contributed by atoms with Crippen molar-refractivity contribution < 1.29 is 21.9 Å². The molecule has 0 aliphatic carbocycles. The largest absolute Gasteiger partial charge is 0.416 e. The van der Waals surface area contributed by atoms with Gasteiger partial charge in [-0.2, -0.15) is 17.7 Å². The van der Waals surface area contributed by atoms with Crippen LogP contribution < -0.4 is 10.2 Å². The molecule has 1 aromatic carbocycles. The van der Waals surface area contributed by atoms with Crippen LogP contribution in [0, 0.1) is 0 Å². The average molecular weight is 372 g/mol. The van der Waals surface area contributed by atoms with Crippen LogP contribution in [0.15, 0.2) is 18.2 Å². The highest BCUT2D eigenvalue weighted by atomic mass is 35.5. The molecule has 0 spiro atoms. The molecule has 0 aromatic heterocycles. The van der Waals surface area contributed by atoms with Crippen LogP contribution in [0.25, 0.3) is 0 Å². The van der Waals surface area contributed by atoms with Crippen molar-refractivity contribution in [2.24, 2.45) is 0 Å². The number of alkyl halides is 3. The first-order chi connectivity index (χ1) is 10.1. The van der Waals surface area contributed by atoms with Gasteiger partial charge in [-0.1, -0.05) is 15.8 Å². The molecule has 3 atom stereocenters. The van der Waals surface area contributed by atoms with Gasteiger partial charge in [0.15, 0.2) is 16.6 Å². The number of nitrogens with zero attached hydrogens (tertiary/aromatic N) is 1. The van der Waals surface area contributed by atoms with E-state index in [1.54, 1.807) is 0 Å². The van der Waals surface area contributed by atoms with Crippen LogP contribution in [0.5, 0.6) is 0 Å².